The minimum Gasteiger partial charge on any atom is -0.354 e. The van der Waals surface area contributed by atoms with Crippen molar-refractivity contribution < 1.29 is 14.0 Å². The number of halogens is 1. The topological polar surface area (TPSA) is 49.4 Å². The fourth-order valence-corrected chi connectivity index (χ4v) is 2.69. The van der Waals surface area contributed by atoms with E-state index in [0.717, 1.165) is 17.5 Å². The Balaban J connectivity index is 1.96. The van der Waals surface area contributed by atoms with Crippen LogP contribution in [0, 0.1) is 5.82 Å². The van der Waals surface area contributed by atoms with Crippen molar-refractivity contribution >= 4 is 11.8 Å². The summed E-state index contributed by atoms with van der Waals surface area (Å²) in [6.45, 7) is 4.27. The third-order valence-corrected chi connectivity index (χ3v) is 4.29. The van der Waals surface area contributed by atoms with Gasteiger partial charge in [-0.05, 0) is 36.6 Å². The molecule has 0 bridgehead atoms. The first-order valence-corrected chi connectivity index (χ1v) is 8.86. The van der Waals surface area contributed by atoms with Gasteiger partial charge in [0.15, 0.2) is 0 Å². The molecule has 1 N–H and O–H groups in total. The fraction of sp³-hybridized carbons (Fsp3) is 0.333. The molecule has 26 heavy (non-hydrogen) atoms. The van der Waals surface area contributed by atoms with Crippen LogP contribution in [0.25, 0.3) is 0 Å². The van der Waals surface area contributed by atoms with E-state index in [9.17, 15) is 14.0 Å². The molecule has 5 heteroatoms. The molecule has 0 aliphatic carbocycles. The van der Waals surface area contributed by atoms with Crippen molar-refractivity contribution in [2.45, 2.75) is 39.3 Å². The van der Waals surface area contributed by atoms with Crippen LogP contribution >= 0.6 is 0 Å². The fourth-order valence-electron chi connectivity index (χ4n) is 2.69. The zero-order valence-electron chi connectivity index (χ0n) is 15.2. The molecule has 2 aromatic rings. The number of hydrogen-bond acceptors (Lipinski definition) is 2. The summed E-state index contributed by atoms with van der Waals surface area (Å²) in [7, 11) is 0. The number of benzene rings is 2. The van der Waals surface area contributed by atoms with E-state index >= 15 is 0 Å². The van der Waals surface area contributed by atoms with E-state index in [0.29, 0.717) is 13.0 Å². The van der Waals surface area contributed by atoms with E-state index in [1.165, 1.54) is 17.0 Å². The van der Waals surface area contributed by atoms with Gasteiger partial charge in [0.05, 0.1) is 0 Å². The third kappa shape index (κ3) is 5.69. The summed E-state index contributed by atoms with van der Waals surface area (Å²) in [4.78, 5) is 26.3. The number of carbonyl (C=O) groups is 2. The Bertz CT molecular complexity index is 717. The summed E-state index contributed by atoms with van der Waals surface area (Å²) in [6, 6.07) is 15.3. The van der Waals surface area contributed by atoms with Crippen LogP contribution in [0.5, 0.6) is 0 Å². The molecule has 138 valence electrons. The van der Waals surface area contributed by atoms with Gasteiger partial charge in [-0.2, -0.15) is 0 Å². The smallest absolute Gasteiger partial charge is 0.242 e. The predicted molar refractivity (Wildman–Crippen MR) is 99.9 cm³/mol. The van der Waals surface area contributed by atoms with Crippen LogP contribution in [-0.4, -0.2) is 29.3 Å². The van der Waals surface area contributed by atoms with E-state index in [1.54, 1.807) is 26.0 Å². The lowest BCUT2D eigenvalue weighted by Crippen LogP contribution is -2.47. The van der Waals surface area contributed by atoms with Gasteiger partial charge >= 0.3 is 0 Å². The summed E-state index contributed by atoms with van der Waals surface area (Å²) in [5.41, 5.74) is 1.94. The second-order valence-corrected chi connectivity index (χ2v) is 6.20. The van der Waals surface area contributed by atoms with Crippen LogP contribution in [0.3, 0.4) is 0 Å². The molecule has 0 aliphatic heterocycles. The van der Waals surface area contributed by atoms with E-state index in [2.05, 4.69) is 5.32 Å². The van der Waals surface area contributed by atoms with Gasteiger partial charge in [-0.15, -0.1) is 0 Å². The number of hydrogen-bond donors (Lipinski definition) is 1. The summed E-state index contributed by atoms with van der Waals surface area (Å²) in [6.07, 6.45) is 1.04. The van der Waals surface area contributed by atoms with Crippen molar-refractivity contribution in [3.63, 3.8) is 0 Å². The SMILES string of the molecule is CCC(=O)N(Cc1ccc(F)cc1)C(C)C(=O)NCCc1ccccc1. The second kappa shape index (κ2) is 9.70. The van der Waals surface area contributed by atoms with Gasteiger partial charge in [-0.1, -0.05) is 49.4 Å². The summed E-state index contributed by atoms with van der Waals surface area (Å²) in [5.74, 6) is -0.626. The largest absolute Gasteiger partial charge is 0.354 e. The molecule has 0 aliphatic rings. The number of nitrogens with zero attached hydrogens (tertiary/aromatic N) is 1. The highest BCUT2D eigenvalue weighted by Crippen LogP contribution is 2.12. The van der Waals surface area contributed by atoms with Gasteiger partial charge in [0.25, 0.3) is 0 Å². The molecule has 0 saturated heterocycles. The Labute approximate surface area is 154 Å². The zero-order chi connectivity index (χ0) is 18.9. The highest BCUT2D eigenvalue weighted by Gasteiger charge is 2.24. The summed E-state index contributed by atoms with van der Waals surface area (Å²) >= 11 is 0. The lowest BCUT2D eigenvalue weighted by Gasteiger charge is -2.28. The number of carbonyl (C=O) groups excluding carboxylic acids is 2. The van der Waals surface area contributed by atoms with Crippen LogP contribution in [-0.2, 0) is 22.6 Å². The Kier molecular flexibility index (Phi) is 7.33. The molecule has 0 heterocycles. The van der Waals surface area contributed by atoms with Crippen molar-refractivity contribution in [3.05, 3.63) is 71.5 Å². The minimum absolute atomic E-state index is 0.111. The van der Waals surface area contributed by atoms with Gasteiger partial charge < -0.3 is 10.2 Å². The maximum absolute atomic E-state index is 13.1. The molecule has 0 fully saturated rings. The molecule has 1 unspecified atom stereocenters. The van der Waals surface area contributed by atoms with Gasteiger partial charge in [0.1, 0.15) is 11.9 Å². The van der Waals surface area contributed by atoms with Gasteiger partial charge in [0.2, 0.25) is 11.8 Å². The highest BCUT2D eigenvalue weighted by molar-refractivity contribution is 5.87. The highest BCUT2D eigenvalue weighted by atomic mass is 19.1. The molecule has 0 radical (unpaired) electrons. The number of amides is 2. The van der Waals surface area contributed by atoms with Crippen LogP contribution in [0.2, 0.25) is 0 Å². The van der Waals surface area contributed by atoms with Crippen LogP contribution < -0.4 is 5.32 Å². The van der Waals surface area contributed by atoms with E-state index in [1.807, 2.05) is 30.3 Å². The van der Waals surface area contributed by atoms with E-state index in [4.69, 9.17) is 0 Å². The number of rotatable bonds is 8. The Morgan fingerprint density at radius 3 is 2.31 bits per heavy atom. The van der Waals surface area contributed by atoms with Crippen LogP contribution in [0.4, 0.5) is 4.39 Å². The maximum atomic E-state index is 13.1. The molecule has 0 saturated carbocycles. The first-order valence-electron chi connectivity index (χ1n) is 8.86. The molecule has 0 aromatic heterocycles. The molecule has 2 amide bonds. The average molecular weight is 356 g/mol. The van der Waals surface area contributed by atoms with Crippen molar-refractivity contribution in [2.24, 2.45) is 0 Å². The first-order chi connectivity index (χ1) is 12.5. The Morgan fingerprint density at radius 2 is 1.69 bits per heavy atom. The molecular weight excluding hydrogens is 331 g/mol. The third-order valence-electron chi connectivity index (χ3n) is 4.29. The normalized spacial score (nSPS) is 11.7. The van der Waals surface area contributed by atoms with Crippen molar-refractivity contribution in [1.82, 2.24) is 10.2 Å². The van der Waals surface area contributed by atoms with Crippen molar-refractivity contribution in [2.75, 3.05) is 6.54 Å². The molecule has 1 atom stereocenters. The number of nitrogens with one attached hydrogen (secondary N) is 1. The Hall–Kier alpha value is -2.69. The minimum atomic E-state index is -0.594. The monoisotopic (exact) mass is 356 g/mol. The lowest BCUT2D eigenvalue weighted by atomic mass is 10.1. The van der Waals surface area contributed by atoms with Crippen molar-refractivity contribution in [3.8, 4) is 0 Å². The average Bonchev–Trinajstić information content (AvgIpc) is 2.67. The molecule has 0 spiro atoms. The quantitative estimate of drug-likeness (QED) is 0.789. The summed E-state index contributed by atoms with van der Waals surface area (Å²) < 4.78 is 13.1. The Morgan fingerprint density at radius 1 is 1.04 bits per heavy atom. The maximum Gasteiger partial charge on any atom is 0.242 e. The lowest BCUT2D eigenvalue weighted by molar-refractivity contribution is -0.140. The molecule has 2 rings (SSSR count). The molecular formula is C21H25FN2O2. The van der Waals surface area contributed by atoms with Crippen LogP contribution in [0.1, 0.15) is 31.4 Å². The van der Waals surface area contributed by atoms with E-state index in [-0.39, 0.29) is 24.2 Å². The van der Waals surface area contributed by atoms with Crippen LogP contribution in [0.15, 0.2) is 54.6 Å². The molecule has 2 aromatic carbocycles. The predicted octanol–water partition coefficient (Wildman–Crippen LogP) is 3.31. The van der Waals surface area contributed by atoms with Gasteiger partial charge in [-0.3, -0.25) is 9.59 Å². The second-order valence-electron chi connectivity index (χ2n) is 6.20. The van der Waals surface area contributed by atoms with Gasteiger partial charge in [-0.25, -0.2) is 4.39 Å². The van der Waals surface area contributed by atoms with Crippen molar-refractivity contribution in [1.29, 1.82) is 0 Å². The standard InChI is InChI=1S/C21H25FN2O2/c1-3-20(25)24(15-18-9-11-19(22)12-10-18)16(2)21(26)23-14-13-17-7-5-4-6-8-17/h4-12,16H,3,13-15H2,1-2H3,(H,23,26). The molecule has 4 nitrogen and oxygen atoms in total. The van der Waals surface area contributed by atoms with Gasteiger partial charge in [0, 0.05) is 19.5 Å². The summed E-state index contributed by atoms with van der Waals surface area (Å²) in [5, 5.41) is 2.89. The van der Waals surface area contributed by atoms with E-state index < -0.39 is 6.04 Å². The first kappa shape index (κ1) is 19.6. The zero-order valence-corrected chi connectivity index (χ0v) is 15.2.